The predicted molar refractivity (Wildman–Crippen MR) is 56.9 cm³/mol. The van der Waals surface area contributed by atoms with E-state index in [2.05, 4.69) is 38.0 Å². The molecular weight excluding hydrogens is 168 g/mol. The zero-order chi connectivity index (χ0) is 9.19. The van der Waals surface area contributed by atoms with Gasteiger partial charge >= 0.3 is 0 Å². The van der Waals surface area contributed by atoms with E-state index >= 15 is 0 Å². The summed E-state index contributed by atoms with van der Waals surface area (Å²) in [6, 6.07) is 0.491. The van der Waals surface area contributed by atoms with Crippen LogP contribution < -0.4 is 5.32 Å². The van der Waals surface area contributed by atoms with Gasteiger partial charge in [0, 0.05) is 11.3 Å². The molecule has 1 atom stereocenters. The highest BCUT2D eigenvalue weighted by Gasteiger charge is 2.20. The average molecular weight is 186 g/mol. The molecule has 0 radical (unpaired) electrons. The Morgan fingerprint density at radius 3 is 2.75 bits per heavy atom. The third-order valence-corrected chi connectivity index (χ3v) is 3.26. The van der Waals surface area contributed by atoms with Gasteiger partial charge in [-0.1, -0.05) is 18.7 Å². The molecular formula is C9H18N2S. The number of hydrogen-bond acceptors (Lipinski definition) is 3. The van der Waals surface area contributed by atoms with Crippen LogP contribution in [0.4, 0.5) is 0 Å². The Hall–Kier alpha value is -0.180. The summed E-state index contributed by atoms with van der Waals surface area (Å²) in [7, 11) is 0. The van der Waals surface area contributed by atoms with Crippen LogP contribution in [0.1, 0.15) is 34.1 Å². The number of aliphatic imine (C=N–C) groups is 1. The molecule has 1 N–H and O–H groups in total. The summed E-state index contributed by atoms with van der Waals surface area (Å²) in [4.78, 5) is 4.49. The molecule has 3 heteroatoms. The molecule has 0 aromatic heterocycles. The zero-order valence-electron chi connectivity index (χ0n) is 8.35. The molecule has 0 spiro atoms. The summed E-state index contributed by atoms with van der Waals surface area (Å²) in [6.45, 7) is 8.76. The molecule has 0 saturated carbocycles. The molecule has 1 aliphatic rings. The fraction of sp³-hybridized carbons (Fsp3) is 0.889. The van der Waals surface area contributed by atoms with Crippen LogP contribution >= 0.6 is 11.8 Å². The molecule has 0 aromatic carbocycles. The van der Waals surface area contributed by atoms with E-state index in [4.69, 9.17) is 0 Å². The summed E-state index contributed by atoms with van der Waals surface area (Å²) < 4.78 is 0. The lowest BCUT2D eigenvalue weighted by atomic mass is 10.0. The van der Waals surface area contributed by atoms with Gasteiger partial charge in [0.15, 0.2) is 5.17 Å². The molecule has 0 aromatic rings. The predicted octanol–water partition coefficient (Wildman–Crippen LogP) is 2.26. The van der Waals surface area contributed by atoms with Crippen LogP contribution in [0, 0.1) is 0 Å². The summed E-state index contributed by atoms with van der Waals surface area (Å²) in [6.07, 6.45) is 1.13. The molecule has 0 fully saturated rings. The normalized spacial score (nSPS) is 24.0. The van der Waals surface area contributed by atoms with Crippen molar-refractivity contribution in [3.05, 3.63) is 0 Å². The third-order valence-electron chi connectivity index (χ3n) is 2.13. The Kier molecular flexibility index (Phi) is 3.04. The first-order valence-electron chi connectivity index (χ1n) is 4.52. The van der Waals surface area contributed by atoms with Gasteiger partial charge in [0.05, 0.1) is 6.04 Å². The van der Waals surface area contributed by atoms with Crippen LogP contribution in [0.2, 0.25) is 0 Å². The van der Waals surface area contributed by atoms with Gasteiger partial charge in [-0.2, -0.15) is 0 Å². The van der Waals surface area contributed by atoms with Gasteiger partial charge in [0.1, 0.15) is 0 Å². The van der Waals surface area contributed by atoms with E-state index in [1.807, 2.05) is 11.8 Å². The summed E-state index contributed by atoms with van der Waals surface area (Å²) in [5.74, 6) is 1.13. The van der Waals surface area contributed by atoms with Crippen LogP contribution in [-0.4, -0.2) is 22.5 Å². The fourth-order valence-corrected chi connectivity index (χ4v) is 2.00. The van der Waals surface area contributed by atoms with E-state index in [1.165, 1.54) is 0 Å². The quantitative estimate of drug-likeness (QED) is 0.715. The molecule has 0 amide bonds. The first kappa shape index (κ1) is 9.90. The SMILES string of the molecule is CCC(C)(C)NC1=NC(C)CS1. The van der Waals surface area contributed by atoms with Gasteiger partial charge in [-0.05, 0) is 27.2 Å². The lowest BCUT2D eigenvalue weighted by Crippen LogP contribution is -2.41. The summed E-state index contributed by atoms with van der Waals surface area (Å²) in [5, 5.41) is 4.57. The van der Waals surface area contributed by atoms with Gasteiger partial charge in [-0.3, -0.25) is 4.99 Å². The maximum Gasteiger partial charge on any atom is 0.157 e. The lowest BCUT2D eigenvalue weighted by molar-refractivity contribution is 0.448. The van der Waals surface area contributed by atoms with Crippen molar-refractivity contribution in [2.45, 2.75) is 45.7 Å². The van der Waals surface area contributed by atoms with Gasteiger partial charge in [0.25, 0.3) is 0 Å². The molecule has 0 bridgehead atoms. The maximum absolute atomic E-state index is 4.49. The minimum atomic E-state index is 0.190. The van der Waals surface area contributed by atoms with E-state index in [0.717, 1.165) is 17.3 Å². The minimum absolute atomic E-state index is 0.190. The van der Waals surface area contributed by atoms with Crippen LogP contribution in [0.3, 0.4) is 0 Å². The van der Waals surface area contributed by atoms with Gasteiger partial charge < -0.3 is 5.32 Å². The highest BCUT2D eigenvalue weighted by atomic mass is 32.2. The summed E-state index contributed by atoms with van der Waals surface area (Å²) >= 11 is 1.83. The Morgan fingerprint density at radius 1 is 1.67 bits per heavy atom. The van der Waals surface area contributed by atoms with E-state index in [9.17, 15) is 0 Å². The van der Waals surface area contributed by atoms with Crippen molar-refractivity contribution in [2.75, 3.05) is 5.75 Å². The van der Waals surface area contributed by atoms with Crippen molar-refractivity contribution in [3.63, 3.8) is 0 Å². The second-order valence-electron chi connectivity index (χ2n) is 3.96. The first-order valence-corrected chi connectivity index (χ1v) is 5.51. The van der Waals surface area contributed by atoms with E-state index in [1.54, 1.807) is 0 Å². The maximum atomic E-state index is 4.49. The molecule has 0 saturated heterocycles. The average Bonchev–Trinajstić information content (AvgIpc) is 2.35. The number of nitrogens with zero attached hydrogens (tertiary/aromatic N) is 1. The van der Waals surface area contributed by atoms with Gasteiger partial charge in [0.2, 0.25) is 0 Å². The highest BCUT2D eigenvalue weighted by Crippen LogP contribution is 2.19. The Bertz CT molecular complexity index is 187. The van der Waals surface area contributed by atoms with Crippen molar-refractivity contribution < 1.29 is 0 Å². The van der Waals surface area contributed by atoms with E-state index < -0.39 is 0 Å². The second-order valence-corrected chi connectivity index (χ2v) is 4.97. The van der Waals surface area contributed by atoms with Crippen LogP contribution in [-0.2, 0) is 0 Å². The standard InChI is InChI=1S/C9H18N2S/c1-5-9(3,4)11-8-10-7(2)6-12-8/h7H,5-6H2,1-4H3,(H,10,11). The Morgan fingerprint density at radius 2 is 2.33 bits per heavy atom. The van der Waals surface area contributed by atoms with Crippen molar-refractivity contribution in [1.29, 1.82) is 0 Å². The number of thioether (sulfide) groups is 1. The van der Waals surface area contributed by atoms with Crippen molar-refractivity contribution in [3.8, 4) is 0 Å². The number of amidine groups is 1. The highest BCUT2D eigenvalue weighted by molar-refractivity contribution is 8.14. The minimum Gasteiger partial charge on any atom is -0.360 e. The van der Waals surface area contributed by atoms with Gasteiger partial charge in [-0.15, -0.1) is 0 Å². The molecule has 12 heavy (non-hydrogen) atoms. The zero-order valence-corrected chi connectivity index (χ0v) is 9.16. The van der Waals surface area contributed by atoms with Gasteiger partial charge in [-0.25, -0.2) is 0 Å². The molecule has 1 heterocycles. The first-order chi connectivity index (χ1) is 5.53. The number of rotatable bonds is 2. The monoisotopic (exact) mass is 186 g/mol. The third kappa shape index (κ3) is 2.70. The summed E-state index contributed by atoms with van der Waals surface area (Å²) in [5.41, 5.74) is 0.190. The largest absolute Gasteiger partial charge is 0.360 e. The second kappa shape index (κ2) is 3.69. The molecule has 1 aliphatic heterocycles. The Balaban J connectivity index is 2.46. The van der Waals surface area contributed by atoms with Crippen LogP contribution in [0.15, 0.2) is 4.99 Å². The number of hydrogen-bond donors (Lipinski definition) is 1. The number of nitrogens with one attached hydrogen (secondary N) is 1. The van der Waals surface area contributed by atoms with Crippen LogP contribution in [0.25, 0.3) is 0 Å². The van der Waals surface area contributed by atoms with Crippen LogP contribution in [0.5, 0.6) is 0 Å². The van der Waals surface area contributed by atoms with E-state index in [-0.39, 0.29) is 5.54 Å². The van der Waals surface area contributed by atoms with Crippen molar-refractivity contribution in [1.82, 2.24) is 5.32 Å². The fourth-order valence-electron chi connectivity index (χ4n) is 0.920. The van der Waals surface area contributed by atoms with Crippen molar-refractivity contribution in [2.24, 2.45) is 4.99 Å². The van der Waals surface area contributed by atoms with E-state index in [0.29, 0.717) is 6.04 Å². The molecule has 0 aliphatic carbocycles. The molecule has 2 nitrogen and oxygen atoms in total. The van der Waals surface area contributed by atoms with Crippen molar-refractivity contribution >= 4 is 16.9 Å². The molecule has 1 rings (SSSR count). The smallest absolute Gasteiger partial charge is 0.157 e. The molecule has 1 unspecified atom stereocenters. The Labute approximate surface area is 79.2 Å². The topological polar surface area (TPSA) is 24.4 Å². The lowest BCUT2D eigenvalue weighted by Gasteiger charge is -2.25. The molecule has 70 valence electrons.